The van der Waals surface area contributed by atoms with Crippen LogP contribution in [-0.2, 0) is 19.1 Å². The van der Waals surface area contributed by atoms with Gasteiger partial charge < -0.3 is 9.47 Å². The van der Waals surface area contributed by atoms with E-state index in [0.29, 0.717) is 5.92 Å². The fourth-order valence-corrected chi connectivity index (χ4v) is 2.66. The number of ether oxygens (including phenoxy) is 2. The summed E-state index contributed by atoms with van der Waals surface area (Å²) < 4.78 is 10.0. The predicted molar refractivity (Wildman–Crippen MR) is 93.0 cm³/mol. The van der Waals surface area contributed by atoms with Gasteiger partial charge in [0.15, 0.2) is 5.41 Å². The summed E-state index contributed by atoms with van der Waals surface area (Å²) in [4.78, 5) is 24.7. The van der Waals surface area contributed by atoms with Crippen molar-refractivity contribution >= 4 is 11.9 Å². The summed E-state index contributed by atoms with van der Waals surface area (Å²) in [7, 11) is 1.19. The minimum absolute atomic E-state index is 0.00503. The number of unbranched alkanes of at least 4 members (excludes halogenated alkanes) is 3. The summed E-state index contributed by atoms with van der Waals surface area (Å²) in [5.74, 6) is -0.731. The zero-order valence-electron chi connectivity index (χ0n) is 15.7. The van der Waals surface area contributed by atoms with Crippen LogP contribution in [0.15, 0.2) is 0 Å². The third-order valence-electron chi connectivity index (χ3n) is 4.20. The Hall–Kier alpha value is -2.08. The number of carbonyl (C=O) groups excluding carboxylic acids is 2. The Labute approximate surface area is 151 Å². The second-order valence-corrected chi connectivity index (χ2v) is 6.62. The molecule has 6 nitrogen and oxygen atoms in total. The Balaban J connectivity index is 4.62. The van der Waals surface area contributed by atoms with Gasteiger partial charge in [0.25, 0.3) is 0 Å². The second-order valence-electron chi connectivity index (χ2n) is 6.62. The van der Waals surface area contributed by atoms with E-state index in [0.717, 1.165) is 25.7 Å². The molecule has 0 rings (SSSR count). The number of hydrogen-bond donors (Lipinski definition) is 0. The van der Waals surface area contributed by atoms with Crippen molar-refractivity contribution in [1.82, 2.24) is 0 Å². The van der Waals surface area contributed by atoms with Crippen molar-refractivity contribution in [3.63, 3.8) is 0 Å². The summed E-state index contributed by atoms with van der Waals surface area (Å²) >= 11 is 0. The highest BCUT2D eigenvalue weighted by molar-refractivity contribution is 6.00. The lowest BCUT2D eigenvalue weighted by molar-refractivity contribution is -0.172. The summed E-state index contributed by atoms with van der Waals surface area (Å²) in [6, 6.07) is 3.87. The van der Waals surface area contributed by atoms with Crippen LogP contribution in [0, 0.1) is 34.0 Å². The van der Waals surface area contributed by atoms with Gasteiger partial charge in [0.1, 0.15) is 0 Å². The molecule has 0 aromatic carbocycles. The molecule has 6 heteroatoms. The van der Waals surface area contributed by atoms with Crippen LogP contribution in [0.3, 0.4) is 0 Å². The third kappa shape index (κ3) is 8.54. The van der Waals surface area contributed by atoms with Crippen molar-refractivity contribution in [3.05, 3.63) is 0 Å². The highest BCUT2D eigenvalue weighted by atomic mass is 16.6. The van der Waals surface area contributed by atoms with E-state index >= 15 is 0 Å². The largest absolute Gasteiger partial charge is 0.468 e. The van der Waals surface area contributed by atoms with Gasteiger partial charge in [0.05, 0.1) is 25.9 Å². The lowest BCUT2D eigenvalue weighted by Crippen LogP contribution is -2.41. The second kappa shape index (κ2) is 13.2. The van der Waals surface area contributed by atoms with Crippen LogP contribution < -0.4 is 0 Å². The van der Waals surface area contributed by atoms with Gasteiger partial charge in [0, 0.05) is 12.8 Å². The fraction of sp³-hybridized carbons (Fsp3) is 0.789. The Morgan fingerprint density at radius 1 is 0.960 bits per heavy atom. The first-order valence-corrected chi connectivity index (χ1v) is 8.94. The van der Waals surface area contributed by atoms with Crippen molar-refractivity contribution in [3.8, 4) is 12.1 Å². The number of methoxy groups -OCH3 is 1. The van der Waals surface area contributed by atoms with Gasteiger partial charge in [-0.05, 0) is 25.2 Å². The van der Waals surface area contributed by atoms with Crippen LogP contribution in [0.25, 0.3) is 0 Å². The van der Waals surface area contributed by atoms with Gasteiger partial charge in [-0.2, -0.15) is 10.5 Å². The van der Waals surface area contributed by atoms with E-state index in [1.807, 2.05) is 12.1 Å². The van der Waals surface area contributed by atoms with Gasteiger partial charge >= 0.3 is 11.9 Å². The molecule has 0 N–H and O–H groups in total. The average molecular weight is 350 g/mol. The number of hydrogen-bond acceptors (Lipinski definition) is 6. The highest BCUT2D eigenvalue weighted by Gasteiger charge is 2.47. The van der Waals surface area contributed by atoms with Crippen LogP contribution in [0.1, 0.15) is 71.6 Å². The quantitative estimate of drug-likeness (QED) is 0.284. The van der Waals surface area contributed by atoms with E-state index in [1.54, 1.807) is 0 Å². The number of esters is 2. The van der Waals surface area contributed by atoms with Crippen LogP contribution in [0.4, 0.5) is 0 Å². The van der Waals surface area contributed by atoms with E-state index in [-0.39, 0.29) is 32.3 Å². The maximum Gasteiger partial charge on any atom is 0.323 e. The van der Waals surface area contributed by atoms with Gasteiger partial charge in [-0.25, -0.2) is 0 Å². The first-order chi connectivity index (χ1) is 11.9. The first kappa shape index (κ1) is 22.9. The third-order valence-corrected chi connectivity index (χ3v) is 4.20. The van der Waals surface area contributed by atoms with E-state index in [1.165, 1.54) is 13.5 Å². The van der Waals surface area contributed by atoms with Crippen LogP contribution in [0.2, 0.25) is 0 Å². The van der Waals surface area contributed by atoms with Crippen LogP contribution >= 0.6 is 0 Å². The van der Waals surface area contributed by atoms with E-state index in [4.69, 9.17) is 20.0 Å². The summed E-state index contributed by atoms with van der Waals surface area (Å²) in [6.07, 6.45) is 5.17. The van der Waals surface area contributed by atoms with Gasteiger partial charge in [-0.3, -0.25) is 9.59 Å². The minimum atomic E-state index is -1.56. The first-order valence-electron chi connectivity index (χ1n) is 8.94. The average Bonchev–Trinajstić information content (AvgIpc) is 2.60. The van der Waals surface area contributed by atoms with Crippen molar-refractivity contribution in [1.29, 1.82) is 10.5 Å². The molecule has 0 amide bonds. The van der Waals surface area contributed by atoms with Crippen molar-refractivity contribution < 1.29 is 19.1 Å². The summed E-state index contributed by atoms with van der Waals surface area (Å²) in [5, 5.41) is 17.6. The SMILES string of the molecule is COC(=O)C(CCC#N)(CCC#N)C(=O)OCCCCCCC(C)C. The van der Waals surface area contributed by atoms with Gasteiger partial charge in [-0.1, -0.05) is 39.5 Å². The Morgan fingerprint density at radius 3 is 2.00 bits per heavy atom. The Morgan fingerprint density at radius 2 is 1.52 bits per heavy atom. The molecule has 25 heavy (non-hydrogen) atoms. The van der Waals surface area contributed by atoms with Gasteiger partial charge in [0.2, 0.25) is 0 Å². The van der Waals surface area contributed by atoms with Crippen molar-refractivity contribution in [2.24, 2.45) is 11.3 Å². The van der Waals surface area contributed by atoms with Crippen molar-refractivity contribution in [2.75, 3.05) is 13.7 Å². The number of nitriles is 2. The van der Waals surface area contributed by atoms with Crippen LogP contribution in [-0.4, -0.2) is 25.7 Å². The smallest absolute Gasteiger partial charge is 0.323 e. The molecule has 0 aromatic rings. The lowest BCUT2D eigenvalue weighted by Gasteiger charge is -2.27. The molecule has 0 saturated heterocycles. The maximum absolute atomic E-state index is 12.5. The predicted octanol–water partition coefficient (Wildman–Crippen LogP) is 3.90. The number of nitrogens with zero attached hydrogens (tertiary/aromatic N) is 2. The van der Waals surface area contributed by atoms with Gasteiger partial charge in [-0.15, -0.1) is 0 Å². The molecule has 0 atom stereocenters. The summed E-state index contributed by atoms with van der Waals surface area (Å²) in [6.45, 7) is 4.62. The fourth-order valence-electron chi connectivity index (χ4n) is 2.66. The minimum Gasteiger partial charge on any atom is -0.468 e. The van der Waals surface area contributed by atoms with Crippen molar-refractivity contribution in [2.45, 2.75) is 71.6 Å². The molecule has 140 valence electrons. The van der Waals surface area contributed by atoms with Crippen LogP contribution in [0.5, 0.6) is 0 Å². The Bertz CT molecular complexity index is 471. The molecule has 0 aliphatic heterocycles. The molecule has 0 spiro atoms. The van der Waals surface area contributed by atoms with E-state index in [9.17, 15) is 9.59 Å². The molecule has 0 unspecified atom stereocenters. The Kier molecular flexibility index (Phi) is 12.1. The van der Waals surface area contributed by atoms with E-state index < -0.39 is 17.4 Å². The monoisotopic (exact) mass is 350 g/mol. The molecular formula is C19H30N2O4. The zero-order valence-corrected chi connectivity index (χ0v) is 15.7. The van der Waals surface area contributed by atoms with E-state index in [2.05, 4.69) is 13.8 Å². The lowest BCUT2D eigenvalue weighted by atomic mass is 9.79. The molecule has 0 saturated carbocycles. The molecule has 0 aliphatic rings. The molecule has 0 aromatic heterocycles. The molecular weight excluding hydrogens is 320 g/mol. The standard InChI is InChI=1S/C19H30N2O4/c1-16(2)10-6-4-5-7-15-25-18(23)19(11-8-13-20,12-9-14-21)17(22)24-3/h16H,4-12,15H2,1-3H3. The number of carbonyl (C=O) groups is 2. The zero-order chi connectivity index (χ0) is 19.1. The molecule has 0 radical (unpaired) electrons. The highest BCUT2D eigenvalue weighted by Crippen LogP contribution is 2.33. The maximum atomic E-state index is 12.5. The normalized spacial score (nSPS) is 10.8. The molecule has 0 bridgehead atoms. The molecule has 0 fully saturated rings. The molecule has 0 heterocycles. The molecule has 0 aliphatic carbocycles. The number of rotatable bonds is 13. The summed E-state index contributed by atoms with van der Waals surface area (Å²) in [5.41, 5.74) is -1.56. The topological polar surface area (TPSA) is 100 Å².